The third-order valence-corrected chi connectivity index (χ3v) is 1.29. The van der Waals surface area contributed by atoms with Gasteiger partial charge in [0.2, 0.25) is 5.91 Å². The molecule has 0 aromatic carbocycles. The Kier molecular flexibility index (Phi) is 6.44. The number of aromatic nitrogens is 2. The van der Waals surface area contributed by atoms with Crippen molar-refractivity contribution in [3.05, 3.63) is 30.4 Å². The highest BCUT2D eigenvalue weighted by molar-refractivity contribution is 5.89. The SMILES string of the molecule is NC(=O)Cc1cnc[nH]1.O=C(O)/C=C/C(=O)O. The Bertz CT molecular complexity index is 394. The second-order valence-electron chi connectivity index (χ2n) is 2.73. The van der Waals surface area contributed by atoms with Gasteiger partial charge >= 0.3 is 11.9 Å². The van der Waals surface area contributed by atoms with Crippen LogP contribution in [0.3, 0.4) is 0 Å². The Balaban J connectivity index is 0.000000304. The van der Waals surface area contributed by atoms with Crippen LogP contribution in [0.2, 0.25) is 0 Å². The van der Waals surface area contributed by atoms with Gasteiger partial charge in [0.05, 0.1) is 12.7 Å². The minimum atomic E-state index is -1.26. The Labute approximate surface area is 95.8 Å². The van der Waals surface area contributed by atoms with Crippen molar-refractivity contribution in [2.45, 2.75) is 6.42 Å². The van der Waals surface area contributed by atoms with E-state index < -0.39 is 11.9 Å². The number of amides is 1. The van der Waals surface area contributed by atoms with E-state index in [4.69, 9.17) is 15.9 Å². The lowest BCUT2D eigenvalue weighted by atomic mass is 10.3. The first kappa shape index (κ1) is 14.4. The number of nitrogens with zero attached hydrogens (tertiary/aromatic N) is 1. The number of carbonyl (C=O) groups excluding carboxylic acids is 1. The van der Waals surface area contributed by atoms with E-state index in [1.807, 2.05) is 0 Å². The van der Waals surface area contributed by atoms with Gasteiger partial charge in [-0.3, -0.25) is 4.79 Å². The maximum atomic E-state index is 10.2. The van der Waals surface area contributed by atoms with Crippen LogP contribution in [0.4, 0.5) is 0 Å². The average Bonchev–Trinajstić information content (AvgIpc) is 2.67. The van der Waals surface area contributed by atoms with E-state index in [1.165, 1.54) is 6.33 Å². The Morgan fingerprint density at radius 3 is 2.12 bits per heavy atom. The highest BCUT2D eigenvalue weighted by atomic mass is 16.4. The number of nitrogens with one attached hydrogen (secondary N) is 1. The number of nitrogens with two attached hydrogens (primary N) is 1. The molecule has 1 rings (SSSR count). The van der Waals surface area contributed by atoms with Crippen molar-refractivity contribution in [1.29, 1.82) is 0 Å². The predicted octanol–water partition coefficient (Wildman–Crippen LogP) is -0.851. The zero-order valence-electron chi connectivity index (χ0n) is 8.66. The molecule has 1 aromatic heterocycles. The molecule has 0 aliphatic heterocycles. The van der Waals surface area contributed by atoms with Gasteiger partial charge in [0.1, 0.15) is 0 Å². The summed E-state index contributed by atoms with van der Waals surface area (Å²) < 4.78 is 0. The van der Waals surface area contributed by atoms with Gasteiger partial charge in [0.15, 0.2) is 0 Å². The molecule has 1 amide bonds. The number of H-pyrrole nitrogens is 1. The smallest absolute Gasteiger partial charge is 0.328 e. The summed E-state index contributed by atoms with van der Waals surface area (Å²) in [6.07, 6.45) is 4.44. The summed E-state index contributed by atoms with van der Waals surface area (Å²) in [6, 6.07) is 0. The minimum absolute atomic E-state index is 0.236. The van der Waals surface area contributed by atoms with Crippen molar-refractivity contribution in [1.82, 2.24) is 9.97 Å². The number of rotatable bonds is 4. The first-order valence-electron chi connectivity index (χ1n) is 4.31. The van der Waals surface area contributed by atoms with Crippen LogP contribution in [0.15, 0.2) is 24.7 Å². The molecular formula is C9H11N3O5. The number of aliphatic carboxylic acids is 2. The Morgan fingerprint density at radius 1 is 1.29 bits per heavy atom. The third kappa shape index (κ3) is 9.66. The molecule has 0 atom stereocenters. The van der Waals surface area contributed by atoms with E-state index in [1.54, 1.807) is 6.20 Å². The van der Waals surface area contributed by atoms with Crippen LogP contribution in [0.5, 0.6) is 0 Å². The molecule has 0 saturated heterocycles. The summed E-state index contributed by atoms with van der Waals surface area (Å²) in [5.74, 6) is -2.86. The first-order chi connectivity index (χ1) is 7.91. The summed E-state index contributed by atoms with van der Waals surface area (Å²) in [6.45, 7) is 0. The maximum absolute atomic E-state index is 10.2. The fourth-order valence-corrected chi connectivity index (χ4v) is 0.712. The number of primary amides is 1. The van der Waals surface area contributed by atoms with Crippen molar-refractivity contribution in [3.63, 3.8) is 0 Å². The van der Waals surface area contributed by atoms with Gasteiger partial charge in [-0.25, -0.2) is 14.6 Å². The molecule has 0 aliphatic carbocycles. The lowest BCUT2D eigenvalue weighted by molar-refractivity contribution is -0.134. The zero-order valence-corrected chi connectivity index (χ0v) is 8.66. The van der Waals surface area contributed by atoms with Gasteiger partial charge in [0.25, 0.3) is 0 Å². The third-order valence-electron chi connectivity index (χ3n) is 1.29. The van der Waals surface area contributed by atoms with E-state index in [2.05, 4.69) is 9.97 Å². The molecular weight excluding hydrogens is 230 g/mol. The lowest BCUT2D eigenvalue weighted by Crippen LogP contribution is -2.13. The number of hydrogen-bond acceptors (Lipinski definition) is 4. The molecule has 0 bridgehead atoms. The number of imidazole rings is 1. The average molecular weight is 241 g/mol. The molecule has 0 fully saturated rings. The standard InChI is InChI=1S/C5H7N3O.C4H4O4/c6-5(9)1-4-2-7-3-8-4;5-3(6)1-2-4(7)8/h2-3H,1H2,(H2,6,9)(H,7,8);1-2H,(H,5,6)(H,7,8)/b;2-1+. The van der Waals surface area contributed by atoms with Crippen LogP contribution < -0.4 is 5.73 Å². The second-order valence-corrected chi connectivity index (χ2v) is 2.73. The number of carboxylic acids is 2. The molecule has 8 heteroatoms. The molecule has 0 aliphatic rings. The zero-order chi connectivity index (χ0) is 13.3. The van der Waals surface area contributed by atoms with E-state index in [9.17, 15) is 14.4 Å². The monoisotopic (exact) mass is 241 g/mol. The van der Waals surface area contributed by atoms with Crippen LogP contribution in [0.1, 0.15) is 5.69 Å². The summed E-state index contributed by atoms with van der Waals surface area (Å²) in [5, 5.41) is 15.6. The second kappa shape index (κ2) is 7.63. The molecule has 17 heavy (non-hydrogen) atoms. The number of carboxylic acid groups (broad SMARTS) is 2. The Morgan fingerprint density at radius 2 is 1.82 bits per heavy atom. The lowest BCUT2D eigenvalue weighted by Gasteiger charge is -1.86. The van der Waals surface area contributed by atoms with Gasteiger partial charge in [-0.1, -0.05) is 0 Å². The summed E-state index contributed by atoms with van der Waals surface area (Å²) in [4.78, 5) is 35.8. The van der Waals surface area contributed by atoms with Crippen molar-refractivity contribution in [3.8, 4) is 0 Å². The van der Waals surface area contributed by atoms with Gasteiger partial charge in [0, 0.05) is 24.0 Å². The molecule has 0 radical (unpaired) electrons. The molecule has 1 heterocycles. The fraction of sp³-hybridized carbons (Fsp3) is 0.111. The molecule has 92 valence electrons. The fourth-order valence-electron chi connectivity index (χ4n) is 0.712. The van der Waals surface area contributed by atoms with Crippen molar-refractivity contribution >= 4 is 17.8 Å². The summed E-state index contributed by atoms with van der Waals surface area (Å²) in [5.41, 5.74) is 5.65. The van der Waals surface area contributed by atoms with Gasteiger partial charge in [-0.2, -0.15) is 0 Å². The molecule has 0 spiro atoms. The van der Waals surface area contributed by atoms with E-state index >= 15 is 0 Å². The van der Waals surface area contributed by atoms with E-state index in [-0.39, 0.29) is 12.3 Å². The topological polar surface area (TPSA) is 146 Å². The molecule has 0 saturated carbocycles. The highest BCUT2D eigenvalue weighted by Gasteiger charge is 1.96. The minimum Gasteiger partial charge on any atom is -0.478 e. The Hall–Kier alpha value is -2.64. The van der Waals surface area contributed by atoms with E-state index in [0.717, 1.165) is 5.69 Å². The van der Waals surface area contributed by atoms with Crippen LogP contribution in [-0.2, 0) is 20.8 Å². The van der Waals surface area contributed by atoms with Gasteiger partial charge in [-0.15, -0.1) is 0 Å². The van der Waals surface area contributed by atoms with Crippen LogP contribution in [-0.4, -0.2) is 38.0 Å². The van der Waals surface area contributed by atoms with Crippen LogP contribution in [0, 0.1) is 0 Å². The quantitative estimate of drug-likeness (QED) is 0.505. The van der Waals surface area contributed by atoms with E-state index in [0.29, 0.717) is 12.2 Å². The molecule has 0 unspecified atom stereocenters. The maximum Gasteiger partial charge on any atom is 0.328 e. The molecule has 5 N–H and O–H groups in total. The van der Waals surface area contributed by atoms with Gasteiger partial charge in [-0.05, 0) is 0 Å². The first-order valence-corrected chi connectivity index (χ1v) is 4.31. The van der Waals surface area contributed by atoms with Crippen molar-refractivity contribution in [2.75, 3.05) is 0 Å². The summed E-state index contributed by atoms with van der Waals surface area (Å²) in [7, 11) is 0. The van der Waals surface area contributed by atoms with Crippen molar-refractivity contribution < 1.29 is 24.6 Å². The van der Waals surface area contributed by atoms with Crippen LogP contribution >= 0.6 is 0 Å². The molecule has 1 aromatic rings. The highest BCUT2D eigenvalue weighted by Crippen LogP contribution is 1.89. The number of hydrogen-bond donors (Lipinski definition) is 4. The normalized spacial score (nSPS) is 9.41. The van der Waals surface area contributed by atoms with Crippen molar-refractivity contribution in [2.24, 2.45) is 5.73 Å². The number of aromatic amines is 1. The molecule has 8 nitrogen and oxygen atoms in total. The predicted molar refractivity (Wildman–Crippen MR) is 55.9 cm³/mol. The van der Waals surface area contributed by atoms with Crippen LogP contribution in [0.25, 0.3) is 0 Å². The largest absolute Gasteiger partial charge is 0.478 e. The van der Waals surface area contributed by atoms with Gasteiger partial charge < -0.3 is 20.9 Å². The number of carbonyl (C=O) groups is 3. The summed E-state index contributed by atoms with van der Waals surface area (Å²) >= 11 is 0.